The third-order valence-electron chi connectivity index (χ3n) is 2.29. The summed E-state index contributed by atoms with van der Waals surface area (Å²) in [5.41, 5.74) is 0.815. The van der Waals surface area contributed by atoms with Crippen LogP contribution in [0.3, 0.4) is 0 Å². The van der Waals surface area contributed by atoms with Crippen molar-refractivity contribution in [2.45, 2.75) is 13.0 Å². The Kier molecular flexibility index (Phi) is 3.70. The molecule has 1 nitrogen and oxygen atoms in total. The molecule has 2 aromatic rings. The minimum atomic E-state index is -0.593. The van der Waals surface area contributed by atoms with E-state index in [1.54, 1.807) is 17.4 Å². The molecule has 1 heterocycles. The Balaban J connectivity index is 2.33. The summed E-state index contributed by atoms with van der Waals surface area (Å²) in [7, 11) is 0. The van der Waals surface area contributed by atoms with Crippen molar-refractivity contribution >= 4 is 38.9 Å². The van der Waals surface area contributed by atoms with E-state index in [1.165, 1.54) is 4.88 Å². The van der Waals surface area contributed by atoms with Gasteiger partial charge in [0.15, 0.2) is 0 Å². The molecule has 16 heavy (non-hydrogen) atoms. The van der Waals surface area contributed by atoms with Crippen molar-refractivity contribution in [3.05, 3.63) is 55.1 Å². The summed E-state index contributed by atoms with van der Waals surface area (Å²) >= 11 is 10.9. The maximum absolute atomic E-state index is 10.2. The highest BCUT2D eigenvalue weighted by molar-refractivity contribution is 9.10. The SMILES string of the molecule is Cc1ccc(C(O)c2ccc(Br)c(Cl)c2)s1. The number of thiophene rings is 1. The average molecular weight is 318 g/mol. The molecule has 1 aromatic carbocycles. The predicted molar refractivity (Wildman–Crippen MR) is 72.3 cm³/mol. The molecule has 0 fully saturated rings. The Bertz CT molecular complexity index is 509. The average Bonchev–Trinajstić information content (AvgIpc) is 2.68. The van der Waals surface area contributed by atoms with Crippen LogP contribution in [0.5, 0.6) is 0 Å². The molecule has 1 atom stereocenters. The molecule has 0 saturated heterocycles. The van der Waals surface area contributed by atoms with Gasteiger partial charge in [0.05, 0.1) is 5.02 Å². The molecule has 0 radical (unpaired) electrons. The monoisotopic (exact) mass is 316 g/mol. The second kappa shape index (κ2) is 4.88. The third kappa shape index (κ3) is 2.48. The smallest absolute Gasteiger partial charge is 0.113 e. The molecule has 0 aliphatic rings. The largest absolute Gasteiger partial charge is 0.383 e. The first-order valence-electron chi connectivity index (χ1n) is 4.77. The van der Waals surface area contributed by atoms with E-state index in [0.717, 1.165) is 14.9 Å². The van der Waals surface area contributed by atoms with Crippen LogP contribution in [0, 0.1) is 6.92 Å². The van der Waals surface area contributed by atoms with Crippen molar-refractivity contribution in [3.63, 3.8) is 0 Å². The quantitative estimate of drug-likeness (QED) is 0.861. The molecule has 1 aromatic heterocycles. The Hall–Kier alpha value is -0.350. The van der Waals surface area contributed by atoms with Gasteiger partial charge in [0.2, 0.25) is 0 Å². The fourth-order valence-corrected chi connectivity index (χ4v) is 2.77. The lowest BCUT2D eigenvalue weighted by molar-refractivity contribution is 0.224. The molecule has 1 unspecified atom stereocenters. The third-order valence-corrected chi connectivity index (χ3v) is 4.58. The summed E-state index contributed by atoms with van der Waals surface area (Å²) in [6.45, 7) is 2.02. The van der Waals surface area contributed by atoms with E-state index in [0.29, 0.717) is 5.02 Å². The maximum Gasteiger partial charge on any atom is 0.113 e. The summed E-state index contributed by atoms with van der Waals surface area (Å²) in [5.74, 6) is 0. The van der Waals surface area contributed by atoms with Crippen molar-refractivity contribution in [2.75, 3.05) is 0 Å². The van der Waals surface area contributed by atoms with Gasteiger partial charge < -0.3 is 5.11 Å². The van der Waals surface area contributed by atoms with E-state index in [4.69, 9.17) is 11.6 Å². The standard InChI is InChI=1S/C12H10BrClOS/c1-7-2-5-11(16-7)12(15)8-3-4-9(13)10(14)6-8/h2-6,12,15H,1H3. The van der Waals surface area contributed by atoms with Gasteiger partial charge in [-0.25, -0.2) is 0 Å². The molecule has 1 N–H and O–H groups in total. The number of rotatable bonds is 2. The van der Waals surface area contributed by atoms with Crippen LogP contribution in [0.15, 0.2) is 34.8 Å². The van der Waals surface area contributed by atoms with Crippen LogP contribution in [0.4, 0.5) is 0 Å². The van der Waals surface area contributed by atoms with Crippen molar-refractivity contribution in [2.24, 2.45) is 0 Å². The topological polar surface area (TPSA) is 20.2 Å². The van der Waals surface area contributed by atoms with E-state index < -0.39 is 6.10 Å². The first-order chi connectivity index (χ1) is 7.58. The number of hydrogen-bond acceptors (Lipinski definition) is 2. The summed E-state index contributed by atoms with van der Waals surface area (Å²) in [5, 5.41) is 10.8. The minimum absolute atomic E-state index is 0.593. The van der Waals surface area contributed by atoms with E-state index in [1.807, 2.05) is 31.2 Å². The highest BCUT2D eigenvalue weighted by Gasteiger charge is 2.13. The van der Waals surface area contributed by atoms with Gasteiger partial charge >= 0.3 is 0 Å². The van der Waals surface area contributed by atoms with E-state index in [-0.39, 0.29) is 0 Å². The fraction of sp³-hybridized carbons (Fsp3) is 0.167. The number of halogens is 2. The highest BCUT2D eigenvalue weighted by atomic mass is 79.9. The normalized spacial score (nSPS) is 12.8. The number of aliphatic hydroxyl groups excluding tert-OH is 1. The van der Waals surface area contributed by atoms with E-state index in [2.05, 4.69) is 15.9 Å². The summed E-state index contributed by atoms with van der Waals surface area (Å²) in [4.78, 5) is 2.13. The zero-order valence-electron chi connectivity index (χ0n) is 8.58. The molecule has 0 spiro atoms. The van der Waals surface area contributed by atoms with Crippen LogP contribution in [-0.4, -0.2) is 5.11 Å². The molecule has 84 valence electrons. The van der Waals surface area contributed by atoms with Gasteiger partial charge in [-0.2, -0.15) is 0 Å². The maximum atomic E-state index is 10.2. The summed E-state index contributed by atoms with van der Waals surface area (Å²) in [6, 6.07) is 9.45. The van der Waals surface area contributed by atoms with Gasteiger partial charge in [-0.05, 0) is 52.7 Å². The van der Waals surface area contributed by atoms with Gasteiger partial charge in [0.25, 0.3) is 0 Å². The van der Waals surface area contributed by atoms with Crippen LogP contribution in [0.25, 0.3) is 0 Å². The first-order valence-corrected chi connectivity index (χ1v) is 6.76. The molecule has 0 aliphatic carbocycles. The molecular formula is C12H10BrClOS. The van der Waals surface area contributed by atoms with Crippen molar-refractivity contribution in [1.29, 1.82) is 0 Å². The van der Waals surface area contributed by atoms with Crippen molar-refractivity contribution < 1.29 is 5.11 Å². The zero-order chi connectivity index (χ0) is 11.7. The van der Waals surface area contributed by atoms with Crippen LogP contribution in [-0.2, 0) is 0 Å². The zero-order valence-corrected chi connectivity index (χ0v) is 11.7. The molecule has 0 bridgehead atoms. The second-order valence-electron chi connectivity index (χ2n) is 3.52. The predicted octanol–water partition coefficient (Wildman–Crippen LogP) is 4.55. The lowest BCUT2D eigenvalue weighted by atomic mass is 10.1. The molecular weight excluding hydrogens is 308 g/mol. The Morgan fingerprint density at radius 3 is 2.62 bits per heavy atom. The fourth-order valence-electron chi connectivity index (χ4n) is 1.45. The van der Waals surface area contributed by atoms with E-state index in [9.17, 15) is 5.11 Å². The number of aryl methyl sites for hydroxylation is 1. The van der Waals surface area contributed by atoms with Gasteiger partial charge in [0, 0.05) is 14.2 Å². The van der Waals surface area contributed by atoms with Crippen LogP contribution in [0.2, 0.25) is 5.02 Å². The van der Waals surface area contributed by atoms with Crippen LogP contribution < -0.4 is 0 Å². The van der Waals surface area contributed by atoms with E-state index >= 15 is 0 Å². The number of hydrogen-bond donors (Lipinski definition) is 1. The van der Waals surface area contributed by atoms with Gasteiger partial charge in [-0.1, -0.05) is 17.7 Å². The molecule has 0 aliphatic heterocycles. The lowest BCUT2D eigenvalue weighted by Crippen LogP contribution is -1.96. The Morgan fingerprint density at radius 2 is 2.06 bits per heavy atom. The molecule has 4 heteroatoms. The van der Waals surface area contributed by atoms with Crippen LogP contribution in [0.1, 0.15) is 21.4 Å². The van der Waals surface area contributed by atoms with Gasteiger partial charge in [-0.3, -0.25) is 0 Å². The first kappa shape index (κ1) is 12.1. The second-order valence-corrected chi connectivity index (χ2v) is 6.11. The summed E-state index contributed by atoms with van der Waals surface area (Å²) in [6.07, 6.45) is -0.593. The minimum Gasteiger partial charge on any atom is -0.383 e. The lowest BCUT2D eigenvalue weighted by Gasteiger charge is -2.09. The molecule has 0 saturated carbocycles. The van der Waals surface area contributed by atoms with Gasteiger partial charge in [0.1, 0.15) is 6.10 Å². The van der Waals surface area contributed by atoms with Crippen molar-refractivity contribution in [1.82, 2.24) is 0 Å². The number of benzene rings is 1. The van der Waals surface area contributed by atoms with Gasteiger partial charge in [-0.15, -0.1) is 11.3 Å². The summed E-state index contributed by atoms with van der Waals surface area (Å²) < 4.78 is 0.840. The Morgan fingerprint density at radius 1 is 1.31 bits per heavy atom. The van der Waals surface area contributed by atoms with Crippen LogP contribution >= 0.6 is 38.9 Å². The van der Waals surface area contributed by atoms with Crippen molar-refractivity contribution in [3.8, 4) is 0 Å². The molecule has 0 amide bonds. The highest BCUT2D eigenvalue weighted by Crippen LogP contribution is 2.31. The Labute approximate surface area is 112 Å². The molecule has 2 rings (SSSR count). The number of aliphatic hydroxyl groups is 1.